The van der Waals surface area contributed by atoms with Crippen molar-refractivity contribution in [1.29, 1.82) is 0 Å². The Hall–Kier alpha value is -1.82. The molecule has 2 aromatic carbocycles. The Bertz CT molecular complexity index is 987. The Balaban J connectivity index is 0.00000208. The topological polar surface area (TPSA) is 59.1 Å². The number of para-hydroxylation sites is 1. The minimum Gasteiger partial charge on any atom is -0.284 e. The second kappa shape index (κ2) is 6.97. The van der Waals surface area contributed by atoms with Crippen LogP contribution in [0.25, 0.3) is 22.2 Å². The number of aromatic nitrogens is 1. The van der Waals surface area contributed by atoms with Gasteiger partial charge in [0.15, 0.2) is 0 Å². The Labute approximate surface area is 152 Å². The van der Waals surface area contributed by atoms with Gasteiger partial charge >= 0.3 is 0 Å². The molecular weight excluding hydrogens is 367 g/mol. The van der Waals surface area contributed by atoms with E-state index in [1.54, 1.807) is 24.3 Å². The molecule has 0 spiro atoms. The van der Waals surface area contributed by atoms with Gasteiger partial charge in [0.25, 0.3) is 0 Å². The van der Waals surface area contributed by atoms with Crippen molar-refractivity contribution in [2.24, 2.45) is 0 Å². The molecule has 3 rings (SSSR count). The maximum atomic E-state index is 11.3. The molecule has 24 heavy (non-hydrogen) atoms. The number of nitrogens with zero attached hydrogens (tertiary/aromatic N) is 1. The van der Waals surface area contributed by atoms with E-state index in [9.17, 15) is 8.42 Å². The maximum Gasteiger partial charge on any atom is 0.229 e. The highest BCUT2D eigenvalue weighted by Gasteiger charge is 2.12. The van der Waals surface area contributed by atoms with Crippen LogP contribution in [0.15, 0.2) is 48.5 Å². The van der Waals surface area contributed by atoms with Gasteiger partial charge in [0, 0.05) is 16.6 Å². The fourth-order valence-corrected chi connectivity index (χ4v) is 3.27. The van der Waals surface area contributed by atoms with Crippen molar-refractivity contribution in [3.05, 3.63) is 59.1 Å². The molecule has 0 amide bonds. The number of aryl methyl sites for hydroxylation is 1. The highest BCUT2D eigenvalue weighted by Crippen LogP contribution is 2.33. The third-order valence-electron chi connectivity index (χ3n) is 3.54. The van der Waals surface area contributed by atoms with Crippen LogP contribution in [0.4, 0.5) is 5.69 Å². The van der Waals surface area contributed by atoms with Gasteiger partial charge in [-0.2, -0.15) is 0 Å². The number of nitrogens with one attached hydrogen (secondary N) is 1. The van der Waals surface area contributed by atoms with Crippen LogP contribution in [0, 0.1) is 6.92 Å². The zero-order valence-electron chi connectivity index (χ0n) is 13.1. The second-order valence-electron chi connectivity index (χ2n) is 5.37. The van der Waals surface area contributed by atoms with Gasteiger partial charge in [-0.15, -0.1) is 12.4 Å². The summed E-state index contributed by atoms with van der Waals surface area (Å²) < 4.78 is 24.9. The van der Waals surface area contributed by atoms with Gasteiger partial charge in [-0.3, -0.25) is 4.72 Å². The van der Waals surface area contributed by atoms with E-state index < -0.39 is 10.0 Å². The molecule has 0 radical (unpaired) electrons. The summed E-state index contributed by atoms with van der Waals surface area (Å²) in [5.41, 5.74) is 3.88. The number of rotatable bonds is 3. The van der Waals surface area contributed by atoms with Crippen molar-refractivity contribution in [2.75, 3.05) is 11.0 Å². The highest BCUT2D eigenvalue weighted by atomic mass is 35.5. The molecule has 0 unspecified atom stereocenters. The van der Waals surface area contributed by atoms with Crippen LogP contribution in [0.1, 0.15) is 5.56 Å². The van der Waals surface area contributed by atoms with Crippen molar-refractivity contribution < 1.29 is 8.42 Å². The van der Waals surface area contributed by atoms with Gasteiger partial charge in [-0.05, 0) is 30.7 Å². The van der Waals surface area contributed by atoms with Crippen LogP contribution >= 0.6 is 24.0 Å². The summed E-state index contributed by atoms with van der Waals surface area (Å²) in [7, 11) is -3.29. The predicted molar refractivity (Wildman–Crippen MR) is 103 cm³/mol. The summed E-state index contributed by atoms with van der Waals surface area (Å²) in [6.07, 6.45) is 1.12. The van der Waals surface area contributed by atoms with Crippen LogP contribution < -0.4 is 4.72 Å². The minimum absolute atomic E-state index is 0. The average Bonchev–Trinajstić information content (AvgIpc) is 2.50. The van der Waals surface area contributed by atoms with E-state index in [4.69, 9.17) is 11.6 Å². The van der Waals surface area contributed by atoms with Crippen molar-refractivity contribution in [3.63, 3.8) is 0 Å². The lowest BCUT2D eigenvalue weighted by atomic mass is 10.0. The standard InChI is InChI=1S/C17H15ClN2O2S.ClH/c1-11-14-5-3-4-6-15(14)19-17(16(11)18)12-7-9-13(10-8-12)20-23(2,21)22;/h3-10,20H,1-2H3;1H. The molecule has 1 N–H and O–H groups in total. The van der Waals surface area contributed by atoms with Gasteiger partial charge in [-0.25, -0.2) is 13.4 Å². The van der Waals surface area contributed by atoms with E-state index in [-0.39, 0.29) is 12.4 Å². The number of benzene rings is 2. The van der Waals surface area contributed by atoms with Crippen molar-refractivity contribution >= 4 is 50.6 Å². The summed E-state index contributed by atoms with van der Waals surface area (Å²) in [6.45, 7) is 1.97. The van der Waals surface area contributed by atoms with E-state index in [2.05, 4.69) is 9.71 Å². The third-order valence-corrected chi connectivity index (χ3v) is 4.61. The number of hydrogen-bond donors (Lipinski definition) is 1. The lowest BCUT2D eigenvalue weighted by molar-refractivity contribution is 0.607. The van der Waals surface area contributed by atoms with E-state index in [1.807, 2.05) is 31.2 Å². The summed E-state index contributed by atoms with van der Waals surface area (Å²) in [5.74, 6) is 0. The molecule has 0 aliphatic rings. The van der Waals surface area contributed by atoms with Gasteiger partial charge in [0.1, 0.15) is 0 Å². The smallest absolute Gasteiger partial charge is 0.229 e. The lowest BCUT2D eigenvalue weighted by Gasteiger charge is -2.11. The normalized spacial score (nSPS) is 11.1. The van der Waals surface area contributed by atoms with Gasteiger partial charge in [0.2, 0.25) is 10.0 Å². The number of fused-ring (bicyclic) bond motifs is 1. The van der Waals surface area contributed by atoms with Crippen LogP contribution in [0.5, 0.6) is 0 Å². The monoisotopic (exact) mass is 382 g/mol. The number of hydrogen-bond acceptors (Lipinski definition) is 3. The van der Waals surface area contributed by atoms with Crippen LogP contribution in [0.2, 0.25) is 5.02 Å². The van der Waals surface area contributed by atoms with E-state index in [0.29, 0.717) is 16.4 Å². The largest absolute Gasteiger partial charge is 0.284 e. The van der Waals surface area contributed by atoms with Crippen molar-refractivity contribution in [1.82, 2.24) is 4.98 Å². The Morgan fingerprint density at radius 2 is 1.67 bits per heavy atom. The van der Waals surface area contributed by atoms with Gasteiger partial charge in [0.05, 0.1) is 22.5 Å². The molecule has 0 saturated carbocycles. The first-order valence-electron chi connectivity index (χ1n) is 6.98. The fourth-order valence-electron chi connectivity index (χ4n) is 2.46. The highest BCUT2D eigenvalue weighted by molar-refractivity contribution is 7.92. The van der Waals surface area contributed by atoms with Crippen LogP contribution in [-0.2, 0) is 10.0 Å². The maximum absolute atomic E-state index is 11.3. The quantitative estimate of drug-likeness (QED) is 0.716. The summed E-state index contributed by atoms with van der Waals surface area (Å²) in [4.78, 5) is 4.64. The first-order valence-corrected chi connectivity index (χ1v) is 9.25. The SMILES string of the molecule is Cc1c(Cl)c(-c2ccc(NS(C)(=O)=O)cc2)nc2ccccc12.Cl. The molecule has 0 aliphatic heterocycles. The molecule has 3 aromatic rings. The molecule has 0 saturated heterocycles. The molecule has 0 atom stereocenters. The first kappa shape index (κ1) is 18.5. The summed E-state index contributed by atoms with van der Waals surface area (Å²) in [5, 5.41) is 1.63. The molecule has 126 valence electrons. The molecule has 0 aliphatic carbocycles. The molecule has 1 aromatic heterocycles. The fraction of sp³-hybridized carbons (Fsp3) is 0.118. The second-order valence-corrected chi connectivity index (χ2v) is 7.49. The van der Waals surface area contributed by atoms with Crippen LogP contribution in [-0.4, -0.2) is 19.7 Å². The van der Waals surface area contributed by atoms with E-state index in [1.165, 1.54) is 0 Å². The Morgan fingerprint density at radius 1 is 1.04 bits per heavy atom. The van der Waals surface area contributed by atoms with Crippen LogP contribution in [0.3, 0.4) is 0 Å². The minimum atomic E-state index is -3.29. The summed E-state index contributed by atoms with van der Waals surface area (Å²) in [6, 6.07) is 14.8. The van der Waals surface area contributed by atoms with Crippen molar-refractivity contribution in [2.45, 2.75) is 6.92 Å². The number of pyridine rings is 1. The van der Waals surface area contributed by atoms with Crippen molar-refractivity contribution in [3.8, 4) is 11.3 Å². The molecule has 7 heteroatoms. The molecule has 4 nitrogen and oxygen atoms in total. The van der Waals surface area contributed by atoms with Gasteiger partial charge < -0.3 is 0 Å². The summed E-state index contributed by atoms with van der Waals surface area (Å²) >= 11 is 6.48. The predicted octanol–water partition coefficient (Wildman–Crippen LogP) is 4.66. The molecule has 0 fully saturated rings. The van der Waals surface area contributed by atoms with E-state index in [0.717, 1.165) is 28.3 Å². The van der Waals surface area contributed by atoms with Gasteiger partial charge in [-0.1, -0.05) is 41.9 Å². The number of sulfonamides is 1. The Kier molecular flexibility index (Phi) is 5.38. The Morgan fingerprint density at radius 3 is 2.29 bits per heavy atom. The first-order chi connectivity index (χ1) is 10.8. The lowest BCUT2D eigenvalue weighted by Crippen LogP contribution is -2.09. The third kappa shape index (κ3) is 3.80. The zero-order valence-corrected chi connectivity index (χ0v) is 15.5. The average molecular weight is 383 g/mol. The molecule has 1 heterocycles. The zero-order chi connectivity index (χ0) is 16.6. The number of anilines is 1. The number of halogens is 2. The molecular formula is C17H16Cl2N2O2S. The molecule has 0 bridgehead atoms. The van der Waals surface area contributed by atoms with E-state index >= 15 is 0 Å².